The van der Waals surface area contributed by atoms with Crippen molar-refractivity contribution in [2.45, 2.75) is 31.7 Å². The highest BCUT2D eigenvalue weighted by molar-refractivity contribution is 5.87. The fraction of sp³-hybridized carbons (Fsp3) is 0.588. The van der Waals surface area contributed by atoms with Gasteiger partial charge in [0.2, 0.25) is 5.91 Å². The first-order chi connectivity index (χ1) is 11.6. The summed E-state index contributed by atoms with van der Waals surface area (Å²) in [5, 5.41) is 14.3. The maximum absolute atomic E-state index is 12.9. The topological polar surface area (TPSA) is 78.7 Å². The van der Waals surface area contributed by atoms with E-state index in [9.17, 15) is 14.9 Å². The largest absolute Gasteiger partial charge is 0.368 e. The van der Waals surface area contributed by atoms with E-state index in [4.69, 9.17) is 0 Å². The number of nitro groups is 1. The molecule has 3 rings (SSSR count). The maximum Gasteiger partial charge on any atom is 0.271 e. The van der Waals surface area contributed by atoms with E-state index < -0.39 is 0 Å². The summed E-state index contributed by atoms with van der Waals surface area (Å²) >= 11 is 0. The highest BCUT2D eigenvalue weighted by atomic mass is 35.5. The molecule has 0 spiro atoms. The molecule has 0 saturated carbocycles. The summed E-state index contributed by atoms with van der Waals surface area (Å²) in [6, 6.07) is 6.69. The van der Waals surface area contributed by atoms with Gasteiger partial charge in [-0.05, 0) is 31.9 Å². The summed E-state index contributed by atoms with van der Waals surface area (Å²) in [4.78, 5) is 27.5. The van der Waals surface area contributed by atoms with Crippen LogP contribution >= 0.6 is 24.8 Å². The van der Waals surface area contributed by atoms with E-state index >= 15 is 0 Å². The number of carbonyl (C=O) groups excluding carboxylic acids is 1. The summed E-state index contributed by atoms with van der Waals surface area (Å²) in [5.74, 6) is 0.209. The minimum absolute atomic E-state index is 0. The Bertz CT molecular complexity index is 630. The van der Waals surface area contributed by atoms with E-state index in [0.717, 1.165) is 31.5 Å². The van der Waals surface area contributed by atoms with Crippen molar-refractivity contribution >= 4 is 42.1 Å². The van der Waals surface area contributed by atoms with Gasteiger partial charge < -0.3 is 15.1 Å². The molecule has 2 aliphatic heterocycles. The van der Waals surface area contributed by atoms with Crippen LogP contribution in [0, 0.1) is 10.1 Å². The van der Waals surface area contributed by atoms with Gasteiger partial charge in [0.25, 0.3) is 5.69 Å². The summed E-state index contributed by atoms with van der Waals surface area (Å²) in [6.07, 6.45) is 2.78. The van der Waals surface area contributed by atoms with Gasteiger partial charge in [-0.15, -0.1) is 24.8 Å². The number of halogens is 2. The Balaban J connectivity index is 0.00000169. The molecule has 26 heavy (non-hydrogen) atoms. The maximum atomic E-state index is 12.9. The van der Waals surface area contributed by atoms with Gasteiger partial charge in [0.1, 0.15) is 0 Å². The third-order valence-electron chi connectivity index (χ3n) is 5.23. The number of amides is 1. The number of rotatable bonds is 4. The van der Waals surface area contributed by atoms with Gasteiger partial charge in [0.05, 0.1) is 10.5 Å². The Morgan fingerprint density at radius 3 is 2.50 bits per heavy atom. The smallest absolute Gasteiger partial charge is 0.271 e. The monoisotopic (exact) mass is 404 g/mol. The Labute approximate surface area is 166 Å². The van der Waals surface area contributed by atoms with Crippen LogP contribution in [0.25, 0.3) is 0 Å². The van der Waals surface area contributed by atoms with Crippen LogP contribution in [0.15, 0.2) is 24.3 Å². The zero-order chi connectivity index (χ0) is 17.2. The van der Waals surface area contributed by atoms with Crippen molar-refractivity contribution in [2.24, 2.45) is 0 Å². The SMILES string of the molecule is CCC1(C(=O)N2CCN(c3cccc([N+](=O)[O-])c3)CC2)CCCN1.Cl.Cl. The number of piperazine rings is 1. The van der Waals surface area contributed by atoms with Gasteiger partial charge in [0.15, 0.2) is 0 Å². The molecule has 1 unspecified atom stereocenters. The van der Waals surface area contributed by atoms with E-state index in [1.165, 1.54) is 6.07 Å². The molecule has 2 heterocycles. The molecule has 2 fully saturated rings. The second-order valence-electron chi connectivity index (χ2n) is 6.52. The molecule has 0 radical (unpaired) electrons. The molecular weight excluding hydrogens is 379 g/mol. The Morgan fingerprint density at radius 2 is 1.96 bits per heavy atom. The van der Waals surface area contributed by atoms with Gasteiger partial charge in [-0.25, -0.2) is 0 Å². The lowest BCUT2D eigenvalue weighted by atomic mass is 9.92. The van der Waals surface area contributed by atoms with Crippen LogP contribution in [-0.2, 0) is 4.79 Å². The van der Waals surface area contributed by atoms with E-state index in [-0.39, 0.29) is 46.9 Å². The molecule has 1 amide bonds. The lowest BCUT2D eigenvalue weighted by Crippen LogP contribution is -2.59. The highest BCUT2D eigenvalue weighted by Gasteiger charge is 2.42. The van der Waals surface area contributed by atoms with Gasteiger partial charge in [-0.3, -0.25) is 14.9 Å². The zero-order valence-electron chi connectivity index (χ0n) is 14.8. The van der Waals surface area contributed by atoms with Crippen LogP contribution in [-0.4, -0.2) is 54.0 Å². The Kier molecular flexibility index (Phi) is 8.12. The third-order valence-corrected chi connectivity index (χ3v) is 5.23. The van der Waals surface area contributed by atoms with Crippen LogP contribution in [0.4, 0.5) is 11.4 Å². The molecule has 0 bridgehead atoms. The molecule has 2 aliphatic rings. The minimum Gasteiger partial charge on any atom is -0.368 e. The number of hydrogen-bond acceptors (Lipinski definition) is 5. The average Bonchev–Trinajstić information content (AvgIpc) is 3.11. The second-order valence-corrected chi connectivity index (χ2v) is 6.52. The lowest BCUT2D eigenvalue weighted by molar-refractivity contribution is -0.384. The summed E-state index contributed by atoms with van der Waals surface area (Å²) < 4.78 is 0. The van der Waals surface area contributed by atoms with E-state index in [0.29, 0.717) is 26.2 Å². The van der Waals surface area contributed by atoms with E-state index in [2.05, 4.69) is 17.1 Å². The summed E-state index contributed by atoms with van der Waals surface area (Å²) in [6.45, 7) is 5.69. The highest BCUT2D eigenvalue weighted by Crippen LogP contribution is 2.27. The molecule has 1 N–H and O–H groups in total. The first-order valence-electron chi connectivity index (χ1n) is 8.59. The molecule has 1 aromatic rings. The zero-order valence-corrected chi connectivity index (χ0v) is 16.5. The van der Waals surface area contributed by atoms with Crippen LogP contribution in [0.1, 0.15) is 26.2 Å². The molecule has 1 aromatic carbocycles. The summed E-state index contributed by atoms with van der Waals surface area (Å²) in [7, 11) is 0. The molecule has 7 nitrogen and oxygen atoms in total. The van der Waals surface area contributed by atoms with Crippen LogP contribution in [0.3, 0.4) is 0 Å². The number of hydrogen-bond donors (Lipinski definition) is 1. The number of nitrogens with zero attached hydrogens (tertiary/aromatic N) is 3. The van der Waals surface area contributed by atoms with Crippen LogP contribution in [0.5, 0.6) is 0 Å². The number of carbonyl (C=O) groups is 1. The van der Waals surface area contributed by atoms with Crippen LogP contribution in [0.2, 0.25) is 0 Å². The quantitative estimate of drug-likeness (QED) is 0.616. The number of non-ortho nitro benzene ring substituents is 1. The van der Waals surface area contributed by atoms with Crippen molar-refractivity contribution in [3.63, 3.8) is 0 Å². The first kappa shape index (κ1) is 22.5. The minimum atomic E-state index is -0.381. The van der Waals surface area contributed by atoms with Gasteiger partial charge in [0, 0.05) is 44.0 Å². The van der Waals surface area contributed by atoms with Gasteiger partial charge >= 0.3 is 0 Å². The predicted octanol–water partition coefficient (Wildman–Crippen LogP) is 2.62. The fourth-order valence-corrected chi connectivity index (χ4v) is 3.72. The van der Waals surface area contributed by atoms with Crippen molar-refractivity contribution in [1.82, 2.24) is 10.2 Å². The normalized spacial score (nSPS) is 22.3. The van der Waals surface area contributed by atoms with Gasteiger partial charge in [-0.2, -0.15) is 0 Å². The van der Waals surface area contributed by atoms with Crippen molar-refractivity contribution in [3.8, 4) is 0 Å². The standard InChI is InChI=1S/C17H24N4O3.2ClH/c1-2-17(7-4-8-18-17)16(22)20-11-9-19(10-12-20)14-5-3-6-15(13-14)21(23)24;;/h3,5-6,13,18H,2,4,7-12H2,1H3;2*1H. The van der Waals surface area contributed by atoms with Crippen molar-refractivity contribution in [2.75, 3.05) is 37.6 Å². The molecule has 0 aliphatic carbocycles. The molecule has 146 valence electrons. The van der Waals surface area contributed by atoms with Gasteiger partial charge in [-0.1, -0.05) is 13.0 Å². The van der Waals surface area contributed by atoms with Crippen molar-refractivity contribution in [3.05, 3.63) is 34.4 Å². The van der Waals surface area contributed by atoms with E-state index in [1.807, 2.05) is 11.0 Å². The molecule has 1 atom stereocenters. The third kappa shape index (κ3) is 4.39. The second kappa shape index (κ2) is 9.39. The molecule has 0 aromatic heterocycles. The fourth-order valence-electron chi connectivity index (χ4n) is 3.72. The predicted molar refractivity (Wildman–Crippen MR) is 107 cm³/mol. The van der Waals surface area contributed by atoms with E-state index in [1.54, 1.807) is 12.1 Å². The lowest BCUT2D eigenvalue weighted by Gasteiger charge is -2.40. The summed E-state index contributed by atoms with van der Waals surface area (Å²) in [5.41, 5.74) is 0.569. The Hall–Kier alpha value is -1.57. The molecular formula is C17H26Cl2N4O3. The Morgan fingerprint density at radius 1 is 1.27 bits per heavy atom. The number of nitrogens with one attached hydrogen (secondary N) is 1. The number of nitro benzene ring substituents is 1. The number of anilines is 1. The van der Waals surface area contributed by atoms with Crippen molar-refractivity contribution in [1.29, 1.82) is 0 Å². The molecule has 2 saturated heterocycles. The van der Waals surface area contributed by atoms with Crippen LogP contribution < -0.4 is 10.2 Å². The van der Waals surface area contributed by atoms with Crippen molar-refractivity contribution < 1.29 is 9.72 Å². The first-order valence-corrected chi connectivity index (χ1v) is 8.59. The number of benzene rings is 1. The molecule has 9 heteroatoms. The average molecular weight is 405 g/mol.